The Morgan fingerprint density at radius 1 is 1.08 bits per heavy atom. The fourth-order valence-electron chi connectivity index (χ4n) is 3.03. The van der Waals surface area contributed by atoms with Gasteiger partial charge in [-0.1, -0.05) is 42.5 Å². The summed E-state index contributed by atoms with van der Waals surface area (Å²) in [4.78, 5) is 12.3. The zero-order valence-corrected chi connectivity index (χ0v) is 15.1. The third-order valence-corrected chi connectivity index (χ3v) is 4.40. The minimum Gasteiger partial charge on any atom is -0.508 e. The monoisotopic (exact) mass is 349 g/mol. The van der Waals surface area contributed by atoms with Gasteiger partial charge in [0.15, 0.2) is 0 Å². The average molecular weight is 349 g/mol. The van der Waals surface area contributed by atoms with Crippen LogP contribution < -0.4 is 0 Å². The van der Waals surface area contributed by atoms with Crippen LogP contribution in [-0.4, -0.2) is 22.2 Å². The van der Waals surface area contributed by atoms with Crippen molar-refractivity contribution >= 4 is 5.97 Å². The molecule has 0 saturated heterocycles. The molecule has 0 aliphatic rings. The van der Waals surface area contributed by atoms with Gasteiger partial charge in [-0.25, -0.2) is 0 Å². The quantitative estimate of drug-likeness (QED) is 0.663. The maximum Gasteiger partial charge on any atom is 0.313 e. The Labute approximate surface area is 153 Å². The zero-order chi connectivity index (χ0) is 18.5. The van der Waals surface area contributed by atoms with Crippen LogP contribution in [-0.2, 0) is 16.1 Å². The van der Waals surface area contributed by atoms with E-state index in [4.69, 9.17) is 4.74 Å². The van der Waals surface area contributed by atoms with Gasteiger partial charge in [0.05, 0.1) is 12.5 Å². The number of carbonyl (C=O) groups is 1. The van der Waals surface area contributed by atoms with E-state index in [1.807, 2.05) is 62.5 Å². The summed E-state index contributed by atoms with van der Waals surface area (Å²) in [6.07, 6.45) is 4.07. The van der Waals surface area contributed by atoms with Crippen molar-refractivity contribution in [3.8, 4) is 16.9 Å². The maximum atomic E-state index is 12.3. The predicted molar refractivity (Wildman–Crippen MR) is 102 cm³/mol. The first-order valence-corrected chi connectivity index (χ1v) is 8.78. The number of esters is 1. The molecular weight excluding hydrogens is 326 g/mol. The number of hydrogen-bond donors (Lipinski definition) is 1. The molecule has 26 heavy (non-hydrogen) atoms. The van der Waals surface area contributed by atoms with Crippen LogP contribution in [0.1, 0.15) is 30.9 Å². The molecule has 0 saturated carbocycles. The highest BCUT2D eigenvalue weighted by Gasteiger charge is 2.22. The SMILES string of the molecule is CCOC(=O)C(C)c1cn(Cc2ccc(O)cc2)cc1-c1ccccc1. The smallest absolute Gasteiger partial charge is 0.313 e. The molecule has 134 valence electrons. The molecule has 0 bridgehead atoms. The Hall–Kier alpha value is -3.01. The molecule has 0 radical (unpaired) electrons. The molecule has 1 heterocycles. The van der Waals surface area contributed by atoms with Crippen molar-refractivity contribution in [3.05, 3.63) is 78.1 Å². The Morgan fingerprint density at radius 3 is 2.42 bits per heavy atom. The molecule has 4 nitrogen and oxygen atoms in total. The van der Waals surface area contributed by atoms with Crippen LogP contribution in [0.3, 0.4) is 0 Å². The van der Waals surface area contributed by atoms with Gasteiger partial charge in [0.1, 0.15) is 5.75 Å². The summed E-state index contributed by atoms with van der Waals surface area (Å²) in [5.41, 5.74) is 4.13. The summed E-state index contributed by atoms with van der Waals surface area (Å²) in [7, 11) is 0. The van der Waals surface area contributed by atoms with Gasteiger partial charge in [0.2, 0.25) is 0 Å². The molecule has 0 amide bonds. The summed E-state index contributed by atoms with van der Waals surface area (Å²) < 4.78 is 7.28. The van der Waals surface area contributed by atoms with Crippen molar-refractivity contribution in [3.63, 3.8) is 0 Å². The second-order valence-corrected chi connectivity index (χ2v) is 6.31. The number of nitrogens with zero attached hydrogens (tertiary/aromatic N) is 1. The van der Waals surface area contributed by atoms with Crippen LogP contribution >= 0.6 is 0 Å². The molecule has 3 rings (SSSR count). The van der Waals surface area contributed by atoms with E-state index in [2.05, 4.69) is 10.8 Å². The van der Waals surface area contributed by atoms with E-state index in [9.17, 15) is 9.90 Å². The van der Waals surface area contributed by atoms with Gasteiger partial charge in [-0.15, -0.1) is 0 Å². The molecule has 2 aromatic carbocycles. The van der Waals surface area contributed by atoms with E-state index in [1.165, 1.54) is 0 Å². The summed E-state index contributed by atoms with van der Waals surface area (Å²) in [6, 6.07) is 17.2. The lowest BCUT2D eigenvalue weighted by Gasteiger charge is -2.11. The number of aromatic nitrogens is 1. The Balaban J connectivity index is 1.97. The van der Waals surface area contributed by atoms with Gasteiger partial charge in [0.25, 0.3) is 0 Å². The number of carbonyl (C=O) groups excluding carboxylic acids is 1. The average Bonchev–Trinajstić information content (AvgIpc) is 3.07. The van der Waals surface area contributed by atoms with Crippen molar-refractivity contribution < 1.29 is 14.6 Å². The predicted octanol–water partition coefficient (Wildman–Crippen LogP) is 4.58. The molecule has 1 atom stereocenters. The number of ether oxygens (including phenoxy) is 1. The van der Waals surface area contributed by atoms with Gasteiger partial charge >= 0.3 is 5.97 Å². The molecule has 1 aromatic heterocycles. The van der Waals surface area contributed by atoms with Crippen LogP contribution in [0.4, 0.5) is 0 Å². The first kappa shape index (κ1) is 17.8. The molecule has 1 N–H and O–H groups in total. The van der Waals surface area contributed by atoms with E-state index < -0.39 is 0 Å². The summed E-state index contributed by atoms with van der Waals surface area (Å²) in [6.45, 7) is 4.73. The summed E-state index contributed by atoms with van der Waals surface area (Å²) >= 11 is 0. The van der Waals surface area contributed by atoms with E-state index in [-0.39, 0.29) is 17.6 Å². The van der Waals surface area contributed by atoms with Crippen LogP contribution in [0.15, 0.2) is 67.0 Å². The van der Waals surface area contributed by atoms with Crippen LogP contribution in [0.2, 0.25) is 0 Å². The van der Waals surface area contributed by atoms with Crippen molar-refractivity contribution in [1.29, 1.82) is 0 Å². The fraction of sp³-hybridized carbons (Fsp3) is 0.227. The lowest BCUT2D eigenvalue weighted by molar-refractivity contribution is -0.144. The number of benzene rings is 2. The topological polar surface area (TPSA) is 51.5 Å². The van der Waals surface area contributed by atoms with Crippen molar-refractivity contribution in [1.82, 2.24) is 4.57 Å². The molecule has 0 aliphatic heterocycles. The van der Waals surface area contributed by atoms with Gasteiger partial charge in [0, 0.05) is 24.5 Å². The Morgan fingerprint density at radius 2 is 1.77 bits per heavy atom. The molecule has 3 aromatic rings. The standard InChI is InChI=1S/C22H23NO3/c1-3-26-22(25)16(2)20-14-23(13-17-9-11-19(24)12-10-17)15-21(20)18-7-5-4-6-8-18/h4-12,14-16,24H,3,13H2,1-2H3. The number of phenolic OH excluding ortho intramolecular Hbond substituents is 1. The van der Waals surface area contributed by atoms with Crippen LogP contribution in [0.25, 0.3) is 11.1 Å². The molecule has 0 fully saturated rings. The number of hydrogen-bond acceptors (Lipinski definition) is 3. The maximum absolute atomic E-state index is 12.3. The second-order valence-electron chi connectivity index (χ2n) is 6.31. The fourth-order valence-corrected chi connectivity index (χ4v) is 3.03. The molecule has 0 aliphatic carbocycles. The minimum atomic E-state index is -0.341. The van der Waals surface area contributed by atoms with E-state index in [0.717, 1.165) is 22.3 Å². The van der Waals surface area contributed by atoms with E-state index in [0.29, 0.717) is 13.2 Å². The minimum absolute atomic E-state index is 0.216. The second kappa shape index (κ2) is 7.91. The Bertz CT molecular complexity index is 866. The largest absolute Gasteiger partial charge is 0.508 e. The highest BCUT2D eigenvalue weighted by Crippen LogP contribution is 2.31. The molecular formula is C22H23NO3. The lowest BCUT2D eigenvalue weighted by Crippen LogP contribution is -2.13. The van der Waals surface area contributed by atoms with Crippen molar-refractivity contribution in [2.45, 2.75) is 26.3 Å². The van der Waals surface area contributed by atoms with Crippen molar-refractivity contribution in [2.24, 2.45) is 0 Å². The van der Waals surface area contributed by atoms with E-state index >= 15 is 0 Å². The Kier molecular flexibility index (Phi) is 5.42. The lowest BCUT2D eigenvalue weighted by atomic mass is 9.96. The van der Waals surface area contributed by atoms with Gasteiger partial charge in [-0.2, -0.15) is 0 Å². The molecule has 0 spiro atoms. The number of rotatable bonds is 6. The van der Waals surface area contributed by atoms with Crippen LogP contribution in [0.5, 0.6) is 5.75 Å². The highest BCUT2D eigenvalue weighted by atomic mass is 16.5. The first-order chi connectivity index (χ1) is 12.6. The van der Waals surface area contributed by atoms with Crippen LogP contribution in [0, 0.1) is 0 Å². The zero-order valence-electron chi connectivity index (χ0n) is 15.1. The van der Waals surface area contributed by atoms with Gasteiger partial charge in [-0.05, 0) is 42.7 Å². The number of phenols is 1. The van der Waals surface area contributed by atoms with Gasteiger partial charge in [-0.3, -0.25) is 4.79 Å². The highest BCUT2D eigenvalue weighted by molar-refractivity contribution is 5.82. The number of aromatic hydroxyl groups is 1. The third kappa shape index (κ3) is 3.97. The first-order valence-electron chi connectivity index (χ1n) is 8.78. The normalized spacial score (nSPS) is 11.9. The summed E-state index contributed by atoms with van der Waals surface area (Å²) in [5, 5.41) is 9.45. The van der Waals surface area contributed by atoms with Gasteiger partial charge < -0.3 is 14.4 Å². The van der Waals surface area contributed by atoms with E-state index in [1.54, 1.807) is 12.1 Å². The third-order valence-electron chi connectivity index (χ3n) is 4.40. The summed E-state index contributed by atoms with van der Waals surface area (Å²) in [5.74, 6) is -0.304. The molecule has 4 heteroatoms. The molecule has 1 unspecified atom stereocenters. The van der Waals surface area contributed by atoms with Crippen molar-refractivity contribution in [2.75, 3.05) is 6.61 Å².